The van der Waals surface area contributed by atoms with Gasteiger partial charge in [0.2, 0.25) is 0 Å². The molecule has 0 bridgehead atoms. The van der Waals surface area contributed by atoms with E-state index in [0.717, 1.165) is 5.75 Å². The largest absolute Gasteiger partial charge is 0.470 e. The molecular formula is C22H42N2O2S. The third-order valence-electron chi connectivity index (χ3n) is 4.91. The summed E-state index contributed by atoms with van der Waals surface area (Å²) in [6.45, 7) is 2.80. The first kappa shape index (κ1) is 24.4. The minimum absolute atomic E-state index is 0.0201. The summed E-state index contributed by atoms with van der Waals surface area (Å²) >= 11 is 1.93. The molecule has 5 heteroatoms. The minimum Gasteiger partial charge on any atom is -0.470 e. The molecule has 0 fully saturated rings. The Labute approximate surface area is 171 Å². The van der Waals surface area contributed by atoms with E-state index in [4.69, 9.17) is 15.0 Å². The average molecular weight is 399 g/mol. The molecule has 0 spiro atoms. The molecule has 0 aromatic carbocycles. The number of nitrogens with two attached hydrogens (primary N) is 1. The predicted octanol–water partition coefficient (Wildman–Crippen LogP) is 6.60. The van der Waals surface area contributed by atoms with Crippen LogP contribution in [-0.4, -0.2) is 29.3 Å². The third kappa shape index (κ3) is 15.0. The minimum atomic E-state index is 0.0201. The molecule has 2 N–H and O–H groups in total. The van der Waals surface area contributed by atoms with Crippen LogP contribution in [0.3, 0.4) is 0 Å². The highest BCUT2D eigenvalue weighted by Gasteiger charge is 2.10. The summed E-state index contributed by atoms with van der Waals surface area (Å²) in [5, 5.41) is 3.77. The second kappa shape index (κ2) is 18.7. The fourth-order valence-electron chi connectivity index (χ4n) is 3.20. The Morgan fingerprint density at radius 1 is 0.926 bits per heavy atom. The molecule has 1 heterocycles. The second-order valence-electron chi connectivity index (χ2n) is 7.48. The molecule has 158 valence electrons. The molecule has 0 aliphatic rings. The van der Waals surface area contributed by atoms with Gasteiger partial charge in [-0.1, -0.05) is 90.4 Å². The summed E-state index contributed by atoms with van der Waals surface area (Å²) < 4.78 is 10.4. The highest BCUT2D eigenvalue weighted by Crippen LogP contribution is 2.15. The maximum Gasteiger partial charge on any atom is 0.254 e. The van der Waals surface area contributed by atoms with Crippen LogP contribution in [0.15, 0.2) is 16.9 Å². The number of rotatable bonds is 20. The summed E-state index contributed by atoms with van der Waals surface area (Å²) in [5.41, 5.74) is 5.76. The smallest absolute Gasteiger partial charge is 0.254 e. The molecule has 0 saturated carbocycles. The van der Waals surface area contributed by atoms with E-state index in [9.17, 15) is 0 Å². The van der Waals surface area contributed by atoms with Crippen molar-refractivity contribution < 1.29 is 9.26 Å². The molecule has 1 rings (SSSR count). The van der Waals surface area contributed by atoms with Crippen LogP contribution in [0.4, 0.5) is 0 Å². The Morgan fingerprint density at radius 2 is 1.48 bits per heavy atom. The fraction of sp³-hybridized carbons (Fsp3) is 0.864. The molecule has 27 heavy (non-hydrogen) atoms. The SMILES string of the molecule is CCCCCCCCCCCCCCCCSCC(CN)Oc1ccon1. The molecule has 1 unspecified atom stereocenters. The monoisotopic (exact) mass is 398 g/mol. The Kier molecular flexibility index (Phi) is 16.8. The number of thioether (sulfide) groups is 1. The van der Waals surface area contributed by atoms with E-state index < -0.39 is 0 Å². The standard InChI is InChI=1S/C22H42N2O2S/c1-2-3-4-5-6-7-8-9-10-11-12-13-14-15-18-27-20-21(19-23)26-22-16-17-25-24-22/h16-17,21H,2-15,18-20,23H2,1H3. The number of nitrogens with zero attached hydrogens (tertiary/aromatic N) is 1. The lowest BCUT2D eigenvalue weighted by Crippen LogP contribution is -2.29. The van der Waals surface area contributed by atoms with E-state index in [-0.39, 0.29) is 6.10 Å². The van der Waals surface area contributed by atoms with Crippen LogP contribution in [0.1, 0.15) is 96.8 Å². The zero-order chi connectivity index (χ0) is 19.4. The highest BCUT2D eigenvalue weighted by molar-refractivity contribution is 7.99. The van der Waals surface area contributed by atoms with Gasteiger partial charge in [-0.2, -0.15) is 11.8 Å². The Morgan fingerprint density at radius 3 is 1.96 bits per heavy atom. The highest BCUT2D eigenvalue weighted by atomic mass is 32.2. The third-order valence-corrected chi connectivity index (χ3v) is 6.10. The molecule has 0 saturated heterocycles. The Bertz CT molecular complexity index is 401. The van der Waals surface area contributed by atoms with Gasteiger partial charge in [-0.25, -0.2) is 0 Å². The Balaban J connectivity index is 1.77. The molecule has 0 aliphatic heterocycles. The van der Waals surface area contributed by atoms with Crippen LogP contribution in [0.5, 0.6) is 5.88 Å². The van der Waals surface area contributed by atoms with Crippen molar-refractivity contribution in [2.45, 2.75) is 103 Å². The summed E-state index contributed by atoms with van der Waals surface area (Å²) in [6.07, 6.45) is 21.3. The average Bonchev–Trinajstić information content (AvgIpc) is 3.19. The topological polar surface area (TPSA) is 61.3 Å². The van der Waals surface area contributed by atoms with Gasteiger partial charge in [0.05, 0.1) is 0 Å². The van der Waals surface area contributed by atoms with E-state index >= 15 is 0 Å². The van der Waals surface area contributed by atoms with Crippen LogP contribution in [0.25, 0.3) is 0 Å². The van der Waals surface area contributed by atoms with E-state index in [0.29, 0.717) is 12.4 Å². The van der Waals surface area contributed by atoms with Gasteiger partial charge in [-0.15, -0.1) is 0 Å². The Hall–Kier alpha value is -0.680. The van der Waals surface area contributed by atoms with Crippen molar-refractivity contribution in [3.05, 3.63) is 12.3 Å². The van der Waals surface area contributed by atoms with Crippen molar-refractivity contribution >= 4 is 11.8 Å². The van der Waals surface area contributed by atoms with E-state index in [1.807, 2.05) is 11.8 Å². The van der Waals surface area contributed by atoms with Crippen LogP contribution in [0.2, 0.25) is 0 Å². The van der Waals surface area contributed by atoms with Gasteiger partial charge in [0.1, 0.15) is 12.4 Å². The van der Waals surface area contributed by atoms with Gasteiger partial charge in [0, 0.05) is 18.4 Å². The molecule has 0 radical (unpaired) electrons. The van der Waals surface area contributed by atoms with Crippen molar-refractivity contribution in [2.24, 2.45) is 5.73 Å². The van der Waals surface area contributed by atoms with Gasteiger partial charge in [-0.3, -0.25) is 0 Å². The normalized spacial score (nSPS) is 12.4. The number of ether oxygens (including phenoxy) is 1. The zero-order valence-corrected chi connectivity index (χ0v) is 18.3. The van der Waals surface area contributed by atoms with Crippen LogP contribution in [-0.2, 0) is 0 Å². The maximum absolute atomic E-state index is 5.76. The summed E-state index contributed by atoms with van der Waals surface area (Å²) in [6, 6.07) is 1.72. The van der Waals surface area contributed by atoms with Gasteiger partial charge >= 0.3 is 0 Å². The van der Waals surface area contributed by atoms with E-state index in [1.165, 1.54) is 102 Å². The van der Waals surface area contributed by atoms with Crippen molar-refractivity contribution in [2.75, 3.05) is 18.1 Å². The summed E-state index contributed by atoms with van der Waals surface area (Å²) in [5.74, 6) is 2.64. The van der Waals surface area contributed by atoms with Crippen molar-refractivity contribution in [3.8, 4) is 5.88 Å². The van der Waals surface area contributed by atoms with Gasteiger partial charge in [-0.05, 0) is 17.3 Å². The molecule has 0 aliphatic carbocycles. The van der Waals surface area contributed by atoms with Gasteiger partial charge < -0.3 is 15.0 Å². The quantitative estimate of drug-likeness (QED) is 0.251. The molecular weight excluding hydrogens is 356 g/mol. The number of hydrogen-bond donors (Lipinski definition) is 1. The van der Waals surface area contributed by atoms with Crippen molar-refractivity contribution in [1.29, 1.82) is 0 Å². The predicted molar refractivity (Wildman–Crippen MR) is 118 cm³/mol. The maximum atomic E-state index is 5.76. The first-order valence-electron chi connectivity index (χ1n) is 11.2. The molecule has 1 atom stereocenters. The molecule has 0 amide bonds. The zero-order valence-electron chi connectivity index (χ0n) is 17.5. The van der Waals surface area contributed by atoms with Crippen LogP contribution in [0, 0.1) is 0 Å². The van der Waals surface area contributed by atoms with E-state index in [2.05, 4.69) is 12.1 Å². The van der Waals surface area contributed by atoms with Crippen LogP contribution < -0.4 is 10.5 Å². The van der Waals surface area contributed by atoms with Gasteiger partial charge in [0.15, 0.2) is 0 Å². The van der Waals surface area contributed by atoms with Crippen LogP contribution >= 0.6 is 11.8 Å². The van der Waals surface area contributed by atoms with Crippen molar-refractivity contribution in [1.82, 2.24) is 5.16 Å². The lowest BCUT2D eigenvalue weighted by molar-refractivity contribution is 0.211. The first-order chi connectivity index (χ1) is 13.4. The summed E-state index contributed by atoms with van der Waals surface area (Å²) in [4.78, 5) is 0. The molecule has 1 aromatic rings. The fourth-order valence-corrected chi connectivity index (χ4v) is 4.24. The van der Waals surface area contributed by atoms with E-state index in [1.54, 1.807) is 6.07 Å². The number of hydrogen-bond acceptors (Lipinski definition) is 5. The number of unbranched alkanes of at least 4 members (excludes halogenated alkanes) is 13. The number of aromatic nitrogens is 1. The second-order valence-corrected chi connectivity index (χ2v) is 8.63. The molecule has 1 aromatic heterocycles. The lowest BCUT2D eigenvalue weighted by Gasteiger charge is -2.14. The lowest BCUT2D eigenvalue weighted by atomic mass is 10.0. The summed E-state index contributed by atoms with van der Waals surface area (Å²) in [7, 11) is 0. The molecule has 4 nitrogen and oxygen atoms in total. The van der Waals surface area contributed by atoms with Gasteiger partial charge in [0.25, 0.3) is 5.88 Å². The first-order valence-corrected chi connectivity index (χ1v) is 12.4. The van der Waals surface area contributed by atoms with Crippen molar-refractivity contribution in [3.63, 3.8) is 0 Å².